The number of imidazole rings is 1. The maximum atomic E-state index is 12.8. The van der Waals surface area contributed by atoms with Gasteiger partial charge in [0.05, 0.1) is 12.5 Å². The van der Waals surface area contributed by atoms with Crippen molar-refractivity contribution in [2.45, 2.75) is 57.4 Å². The first-order valence-electron chi connectivity index (χ1n) is 9.58. The van der Waals surface area contributed by atoms with Gasteiger partial charge in [-0.1, -0.05) is 36.8 Å². The van der Waals surface area contributed by atoms with Crippen LogP contribution in [0.2, 0.25) is 0 Å². The van der Waals surface area contributed by atoms with E-state index >= 15 is 0 Å². The largest absolute Gasteiger partial charge is 0.340 e. The first kappa shape index (κ1) is 16.4. The average molecular weight is 337 g/mol. The monoisotopic (exact) mass is 337 g/mol. The van der Waals surface area contributed by atoms with Crippen LogP contribution in [0.3, 0.4) is 0 Å². The molecule has 0 bridgehead atoms. The fraction of sp³-hybridized carbons (Fsp3) is 0.524. The lowest BCUT2D eigenvalue weighted by atomic mass is 9.84. The summed E-state index contributed by atoms with van der Waals surface area (Å²) in [7, 11) is 0. The van der Waals surface area contributed by atoms with E-state index in [4.69, 9.17) is 4.98 Å². The third-order valence-corrected chi connectivity index (χ3v) is 5.79. The Morgan fingerprint density at radius 3 is 2.68 bits per heavy atom. The van der Waals surface area contributed by atoms with Gasteiger partial charge in [-0.3, -0.25) is 4.79 Å². The van der Waals surface area contributed by atoms with Crippen LogP contribution in [0.5, 0.6) is 0 Å². The van der Waals surface area contributed by atoms with E-state index in [-0.39, 0.29) is 5.91 Å². The maximum Gasteiger partial charge on any atom is 0.227 e. The molecular formula is C21H27N3O. The fourth-order valence-corrected chi connectivity index (χ4v) is 4.18. The highest BCUT2D eigenvalue weighted by molar-refractivity contribution is 5.78. The molecule has 132 valence electrons. The molecule has 2 heterocycles. The van der Waals surface area contributed by atoms with Crippen LogP contribution < -0.4 is 0 Å². The van der Waals surface area contributed by atoms with Gasteiger partial charge in [-0.05, 0) is 38.2 Å². The lowest BCUT2D eigenvalue weighted by Crippen LogP contribution is -2.42. The number of hydrogen-bond acceptors (Lipinski definition) is 2. The second-order valence-corrected chi connectivity index (χ2v) is 7.55. The molecule has 0 radical (unpaired) electrons. The standard InChI is InChI=1S/C21H27N3O/c1-16-14-22-21(18-9-5-10-18)24(16)19-11-6-12-23(15-19)20(25)13-17-7-3-2-4-8-17/h2-4,7-8,14,18-19H,5-6,9-13,15H2,1H3. The molecule has 25 heavy (non-hydrogen) atoms. The second-order valence-electron chi connectivity index (χ2n) is 7.55. The summed E-state index contributed by atoms with van der Waals surface area (Å²) in [6.45, 7) is 3.86. The fourth-order valence-electron chi connectivity index (χ4n) is 4.18. The molecule has 2 fully saturated rings. The van der Waals surface area contributed by atoms with Gasteiger partial charge in [0.2, 0.25) is 5.91 Å². The summed E-state index contributed by atoms with van der Waals surface area (Å²) >= 11 is 0. The Morgan fingerprint density at radius 1 is 1.16 bits per heavy atom. The SMILES string of the molecule is Cc1cnc(C2CCC2)n1C1CCCN(C(=O)Cc2ccccc2)C1. The molecule has 1 atom stereocenters. The Morgan fingerprint density at radius 2 is 1.96 bits per heavy atom. The molecule has 1 aromatic heterocycles. The van der Waals surface area contributed by atoms with Crippen LogP contribution in [0.15, 0.2) is 36.5 Å². The van der Waals surface area contributed by atoms with Crippen LogP contribution in [-0.2, 0) is 11.2 Å². The van der Waals surface area contributed by atoms with E-state index in [0.717, 1.165) is 31.5 Å². The summed E-state index contributed by atoms with van der Waals surface area (Å²) < 4.78 is 2.44. The number of amides is 1. The normalized spacial score (nSPS) is 21.2. The molecule has 1 saturated carbocycles. The molecule has 1 saturated heterocycles. The number of piperidine rings is 1. The zero-order valence-electron chi connectivity index (χ0n) is 15.0. The summed E-state index contributed by atoms with van der Waals surface area (Å²) in [5.74, 6) is 2.13. The summed E-state index contributed by atoms with van der Waals surface area (Å²) in [5.41, 5.74) is 2.34. The average Bonchev–Trinajstić information content (AvgIpc) is 2.95. The predicted molar refractivity (Wildman–Crippen MR) is 98.6 cm³/mol. The number of aromatic nitrogens is 2. The van der Waals surface area contributed by atoms with Gasteiger partial charge >= 0.3 is 0 Å². The highest BCUT2D eigenvalue weighted by Gasteiger charge is 2.31. The van der Waals surface area contributed by atoms with Gasteiger partial charge in [0.1, 0.15) is 5.82 Å². The maximum absolute atomic E-state index is 12.8. The molecule has 1 aliphatic carbocycles. The van der Waals surface area contributed by atoms with E-state index in [9.17, 15) is 4.79 Å². The highest BCUT2D eigenvalue weighted by atomic mass is 16.2. The molecule has 0 spiro atoms. The van der Waals surface area contributed by atoms with Crippen molar-refractivity contribution >= 4 is 5.91 Å². The number of aryl methyl sites for hydroxylation is 1. The van der Waals surface area contributed by atoms with Crippen LogP contribution in [-0.4, -0.2) is 33.4 Å². The third kappa shape index (κ3) is 3.35. The van der Waals surface area contributed by atoms with Crippen LogP contribution >= 0.6 is 0 Å². The van der Waals surface area contributed by atoms with E-state index in [1.54, 1.807) is 0 Å². The van der Waals surface area contributed by atoms with E-state index in [1.807, 2.05) is 36.5 Å². The van der Waals surface area contributed by atoms with Crippen molar-refractivity contribution in [2.24, 2.45) is 0 Å². The van der Waals surface area contributed by atoms with E-state index in [0.29, 0.717) is 18.4 Å². The number of carbonyl (C=O) groups is 1. The van der Waals surface area contributed by atoms with Crippen LogP contribution in [0, 0.1) is 6.92 Å². The Balaban J connectivity index is 1.48. The quantitative estimate of drug-likeness (QED) is 0.849. The Labute approximate surface area is 149 Å². The van der Waals surface area contributed by atoms with Crippen molar-refractivity contribution in [3.05, 3.63) is 53.6 Å². The second kappa shape index (κ2) is 7.03. The molecule has 4 nitrogen and oxygen atoms in total. The highest BCUT2D eigenvalue weighted by Crippen LogP contribution is 2.38. The van der Waals surface area contributed by atoms with Gasteiger partial charge in [0.15, 0.2) is 0 Å². The molecular weight excluding hydrogens is 310 g/mol. The molecule has 1 aromatic carbocycles. The van der Waals surface area contributed by atoms with Gasteiger partial charge in [-0.2, -0.15) is 0 Å². The lowest BCUT2D eigenvalue weighted by molar-refractivity contribution is -0.132. The van der Waals surface area contributed by atoms with Crippen molar-refractivity contribution in [3.8, 4) is 0 Å². The van der Waals surface area contributed by atoms with Crippen LogP contribution in [0.1, 0.15) is 61.1 Å². The zero-order chi connectivity index (χ0) is 17.2. The summed E-state index contributed by atoms with van der Waals surface area (Å²) in [4.78, 5) is 19.5. The molecule has 1 aliphatic heterocycles. The third-order valence-electron chi connectivity index (χ3n) is 5.79. The number of benzene rings is 1. The van der Waals surface area contributed by atoms with Gasteiger partial charge < -0.3 is 9.47 Å². The van der Waals surface area contributed by atoms with Crippen molar-refractivity contribution in [1.29, 1.82) is 0 Å². The molecule has 4 heteroatoms. The van der Waals surface area contributed by atoms with Gasteiger partial charge in [-0.25, -0.2) is 4.98 Å². The van der Waals surface area contributed by atoms with Gasteiger partial charge in [0.25, 0.3) is 0 Å². The van der Waals surface area contributed by atoms with Gasteiger partial charge in [0, 0.05) is 30.9 Å². The zero-order valence-corrected chi connectivity index (χ0v) is 15.0. The van der Waals surface area contributed by atoms with Gasteiger partial charge in [-0.15, -0.1) is 0 Å². The predicted octanol–water partition coefficient (Wildman–Crippen LogP) is 3.87. The van der Waals surface area contributed by atoms with Crippen LogP contribution in [0.25, 0.3) is 0 Å². The Hall–Kier alpha value is -2.10. The lowest BCUT2D eigenvalue weighted by Gasteiger charge is -2.36. The number of rotatable bonds is 4. The minimum atomic E-state index is 0.249. The molecule has 4 rings (SSSR count). The molecule has 2 aliphatic rings. The molecule has 2 aromatic rings. The minimum Gasteiger partial charge on any atom is -0.340 e. The van der Waals surface area contributed by atoms with Crippen molar-refractivity contribution in [2.75, 3.05) is 13.1 Å². The number of carbonyl (C=O) groups excluding carboxylic acids is 1. The van der Waals surface area contributed by atoms with Crippen molar-refractivity contribution in [1.82, 2.24) is 14.5 Å². The Kier molecular flexibility index (Phi) is 4.60. The molecule has 0 N–H and O–H groups in total. The van der Waals surface area contributed by atoms with Crippen LogP contribution in [0.4, 0.5) is 0 Å². The Bertz CT molecular complexity index is 733. The number of likely N-dealkylation sites (tertiary alicyclic amines) is 1. The molecule has 1 amide bonds. The molecule has 1 unspecified atom stereocenters. The summed E-state index contributed by atoms with van der Waals surface area (Å²) in [6.07, 6.45) is 8.59. The van der Waals surface area contributed by atoms with E-state index in [1.165, 1.54) is 30.8 Å². The van der Waals surface area contributed by atoms with Crippen molar-refractivity contribution < 1.29 is 4.79 Å². The summed E-state index contributed by atoms with van der Waals surface area (Å²) in [5, 5.41) is 0. The van der Waals surface area contributed by atoms with E-state index in [2.05, 4.69) is 16.4 Å². The number of nitrogens with zero attached hydrogens (tertiary/aromatic N) is 3. The number of hydrogen-bond donors (Lipinski definition) is 0. The van der Waals surface area contributed by atoms with E-state index < -0.39 is 0 Å². The summed E-state index contributed by atoms with van der Waals surface area (Å²) in [6, 6.07) is 10.5. The first-order chi connectivity index (χ1) is 12.2. The minimum absolute atomic E-state index is 0.249. The topological polar surface area (TPSA) is 38.1 Å². The van der Waals surface area contributed by atoms with Crippen molar-refractivity contribution in [3.63, 3.8) is 0 Å². The first-order valence-corrected chi connectivity index (χ1v) is 9.58. The smallest absolute Gasteiger partial charge is 0.227 e.